The summed E-state index contributed by atoms with van der Waals surface area (Å²) in [6.45, 7) is 1.86. The maximum absolute atomic E-state index is 12.8. The Bertz CT molecular complexity index is 237. The van der Waals surface area contributed by atoms with Crippen LogP contribution in [0.4, 0.5) is 4.39 Å². The van der Waals surface area contributed by atoms with E-state index in [1.807, 2.05) is 35.6 Å². The summed E-state index contributed by atoms with van der Waals surface area (Å²) in [6, 6.07) is 3.41. The van der Waals surface area contributed by atoms with Crippen molar-refractivity contribution < 1.29 is 4.39 Å². The van der Waals surface area contributed by atoms with E-state index in [0.717, 1.165) is 10.0 Å². The van der Waals surface area contributed by atoms with Gasteiger partial charge >= 0.3 is 0 Å². The van der Waals surface area contributed by atoms with Gasteiger partial charge in [0, 0.05) is 4.47 Å². The molecule has 1 aromatic rings. The lowest BCUT2D eigenvalue weighted by Gasteiger charge is -1.98. The van der Waals surface area contributed by atoms with Crippen LogP contribution in [0.3, 0.4) is 0 Å². The largest absolute Gasteiger partial charge is 0.206 e. The highest BCUT2D eigenvalue weighted by Gasteiger charge is 2.02. The van der Waals surface area contributed by atoms with Crippen molar-refractivity contribution in [3.8, 4) is 0 Å². The topological polar surface area (TPSA) is 0 Å². The Morgan fingerprint density at radius 1 is 1.50 bits per heavy atom. The molecule has 0 heterocycles. The van der Waals surface area contributed by atoms with Gasteiger partial charge in [-0.3, -0.25) is 0 Å². The van der Waals surface area contributed by atoms with Gasteiger partial charge in [-0.1, -0.05) is 0 Å². The molecule has 0 aromatic heterocycles. The zero-order valence-electron chi connectivity index (χ0n) is 5.29. The zero-order valence-corrected chi connectivity index (χ0v) is 9.03. The monoisotopic (exact) mass is 314 g/mol. The molecule has 54 valence electrons. The molecular weight excluding hydrogens is 310 g/mol. The van der Waals surface area contributed by atoms with Gasteiger partial charge in [0.2, 0.25) is 0 Å². The molecule has 10 heavy (non-hydrogen) atoms. The highest BCUT2D eigenvalue weighted by Crippen LogP contribution is 2.22. The molecule has 0 amide bonds. The maximum atomic E-state index is 12.8. The highest BCUT2D eigenvalue weighted by molar-refractivity contribution is 14.1. The van der Waals surface area contributed by atoms with Crippen molar-refractivity contribution in [1.29, 1.82) is 0 Å². The fraction of sp³-hybridized carbons (Fsp3) is 0.143. The van der Waals surface area contributed by atoms with E-state index < -0.39 is 0 Å². The molecular formula is C7H5BrFI. The molecule has 0 bridgehead atoms. The van der Waals surface area contributed by atoms with Crippen LogP contribution in [0.15, 0.2) is 16.6 Å². The van der Waals surface area contributed by atoms with E-state index in [1.54, 1.807) is 0 Å². The van der Waals surface area contributed by atoms with Crippen LogP contribution in [0.5, 0.6) is 0 Å². The maximum Gasteiger partial charge on any atom is 0.137 e. The van der Waals surface area contributed by atoms with Gasteiger partial charge in [0.05, 0.1) is 3.57 Å². The first kappa shape index (κ1) is 8.46. The Labute approximate surface area is 81.1 Å². The van der Waals surface area contributed by atoms with Crippen LogP contribution in [0, 0.1) is 16.3 Å². The lowest BCUT2D eigenvalue weighted by Crippen LogP contribution is -1.84. The second kappa shape index (κ2) is 3.17. The molecule has 0 aliphatic rings. The summed E-state index contributed by atoms with van der Waals surface area (Å²) in [4.78, 5) is 0. The minimum absolute atomic E-state index is 0.160. The van der Waals surface area contributed by atoms with E-state index in [-0.39, 0.29) is 5.82 Å². The molecule has 0 aliphatic heterocycles. The van der Waals surface area contributed by atoms with Crippen molar-refractivity contribution >= 4 is 38.5 Å². The first-order valence-electron chi connectivity index (χ1n) is 2.72. The Morgan fingerprint density at radius 2 is 2.10 bits per heavy atom. The third-order valence-electron chi connectivity index (χ3n) is 1.13. The van der Waals surface area contributed by atoms with Crippen molar-refractivity contribution in [3.63, 3.8) is 0 Å². The summed E-state index contributed by atoms with van der Waals surface area (Å²) in [5, 5.41) is 0. The Kier molecular flexibility index (Phi) is 2.68. The van der Waals surface area contributed by atoms with Gasteiger partial charge in [0.1, 0.15) is 5.82 Å². The van der Waals surface area contributed by atoms with Crippen LogP contribution >= 0.6 is 38.5 Å². The molecule has 1 rings (SSSR count). The van der Waals surface area contributed by atoms with Crippen LogP contribution in [-0.2, 0) is 0 Å². The Hall–Kier alpha value is 0.360. The molecule has 0 nitrogen and oxygen atoms in total. The van der Waals surface area contributed by atoms with Crippen LogP contribution in [0.25, 0.3) is 0 Å². The van der Waals surface area contributed by atoms with Crippen molar-refractivity contribution in [3.05, 3.63) is 31.6 Å². The Balaban J connectivity index is 3.31. The third kappa shape index (κ3) is 1.69. The lowest BCUT2D eigenvalue weighted by molar-refractivity contribution is 0.618. The molecule has 0 saturated heterocycles. The molecule has 0 fully saturated rings. The second-order valence-corrected chi connectivity index (χ2v) is 3.98. The van der Waals surface area contributed by atoms with Gasteiger partial charge in [-0.2, -0.15) is 0 Å². The van der Waals surface area contributed by atoms with Gasteiger partial charge in [-0.05, 0) is 63.1 Å². The molecule has 0 aliphatic carbocycles. The van der Waals surface area contributed by atoms with Crippen molar-refractivity contribution in [2.24, 2.45) is 0 Å². The summed E-state index contributed by atoms with van der Waals surface area (Å²) in [6.07, 6.45) is 0. The van der Waals surface area contributed by atoms with E-state index in [2.05, 4.69) is 15.9 Å². The van der Waals surface area contributed by atoms with Crippen molar-refractivity contribution in [2.75, 3.05) is 0 Å². The fourth-order valence-corrected chi connectivity index (χ4v) is 1.54. The van der Waals surface area contributed by atoms with E-state index in [0.29, 0.717) is 3.57 Å². The average molecular weight is 315 g/mol. The number of hydrogen-bond acceptors (Lipinski definition) is 0. The van der Waals surface area contributed by atoms with Gasteiger partial charge in [0.25, 0.3) is 0 Å². The molecule has 3 heteroatoms. The van der Waals surface area contributed by atoms with E-state index in [1.165, 1.54) is 6.07 Å². The Morgan fingerprint density at radius 3 is 2.60 bits per heavy atom. The first-order valence-corrected chi connectivity index (χ1v) is 4.59. The normalized spacial score (nSPS) is 10.0. The smallest absolute Gasteiger partial charge is 0.137 e. The fourth-order valence-electron chi connectivity index (χ4n) is 0.682. The van der Waals surface area contributed by atoms with Crippen LogP contribution in [-0.4, -0.2) is 0 Å². The van der Waals surface area contributed by atoms with Crippen LogP contribution in [0.1, 0.15) is 5.56 Å². The molecule has 0 spiro atoms. The van der Waals surface area contributed by atoms with Crippen molar-refractivity contribution in [2.45, 2.75) is 6.92 Å². The third-order valence-corrected chi connectivity index (χ3v) is 3.59. The predicted octanol–water partition coefficient (Wildman–Crippen LogP) is 3.50. The van der Waals surface area contributed by atoms with Gasteiger partial charge in [-0.15, -0.1) is 0 Å². The standard InChI is InChI=1S/C7H5BrFI/c1-4-2-5(8)7(10)6(9)3-4/h2-3H,1H3. The number of rotatable bonds is 0. The molecule has 0 saturated carbocycles. The van der Waals surface area contributed by atoms with E-state index in [9.17, 15) is 4.39 Å². The lowest BCUT2D eigenvalue weighted by atomic mass is 10.2. The zero-order chi connectivity index (χ0) is 7.72. The summed E-state index contributed by atoms with van der Waals surface area (Å²) in [5.74, 6) is -0.160. The summed E-state index contributed by atoms with van der Waals surface area (Å²) < 4.78 is 14.3. The quantitative estimate of drug-likeness (QED) is 0.508. The van der Waals surface area contributed by atoms with Gasteiger partial charge in [-0.25, -0.2) is 4.39 Å². The number of halogens is 3. The van der Waals surface area contributed by atoms with Crippen molar-refractivity contribution in [1.82, 2.24) is 0 Å². The molecule has 0 unspecified atom stereocenters. The van der Waals surface area contributed by atoms with Crippen LogP contribution < -0.4 is 0 Å². The van der Waals surface area contributed by atoms with E-state index in [4.69, 9.17) is 0 Å². The molecule has 1 aromatic carbocycles. The second-order valence-electron chi connectivity index (χ2n) is 2.04. The highest BCUT2D eigenvalue weighted by atomic mass is 127. The number of aryl methyl sites for hydroxylation is 1. The average Bonchev–Trinajstić information content (AvgIpc) is 1.82. The molecule has 0 N–H and O–H groups in total. The van der Waals surface area contributed by atoms with Gasteiger partial charge < -0.3 is 0 Å². The minimum atomic E-state index is -0.160. The molecule has 0 radical (unpaired) electrons. The number of benzene rings is 1. The van der Waals surface area contributed by atoms with Crippen LogP contribution in [0.2, 0.25) is 0 Å². The summed E-state index contributed by atoms with van der Waals surface area (Å²) in [7, 11) is 0. The number of hydrogen-bond donors (Lipinski definition) is 0. The summed E-state index contributed by atoms with van der Waals surface area (Å²) >= 11 is 5.21. The SMILES string of the molecule is Cc1cc(F)c(I)c(Br)c1. The van der Waals surface area contributed by atoms with E-state index >= 15 is 0 Å². The summed E-state index contributed by atoms with van der Waals surface area (Å²) in [5.41, 5.74) is 0.935. The molecule has 0 atom stereocenters. The first-order chi connectivity index (χ1) is 4.61. The predicted molar refractivity (Wildman–Crippen MR) is 51.6 cm³/mol. The van der Waals surface area contributed by atoms with Gasteiger partial charge in [0.15, 0.2) is 0 Å². The minimum Gasteiger partial charge on any atom is -0.206 e.